The first-order valence-corrected chi connectivity index (χ1v) is 12.3. The minimum atomic E-state index is -1.07. The maximum atomic E-state index is 14.1. The number of ether oxygens (including phenoxy) is 2. The zero-order valence-corrected chi connectivity index (χ0v) is 20.9. The molecule has 1 aliphatic heterocycles. The van der Waals surface area contributed by atoms with Crippen molar-refractivity contribution >= 4 is 22.7 Å². The highest BCUT2D eigenvalue weighted by molar-refractivity contribution is 6.05. The van der Waals surface area contributed by atoms with Crippen molar-refractivity contribution < 1.29 is 19.1 Å². The fourth-order valence-corrected chi connectivity index (χ4v) is 5.49. The van der Waals surface area contributed by atoms with Gasteiger partial charge in [-0.2, -0.15) is 0 Å². The van der Waals surface area contributed by atoms with Crippen molar-refractivity contribution in [3.8, 4) is 11.5 Å². The minimum absolute atomic E-state index is 0.112. The van der Waals surface area contributed by atoms with E-state index < -0.39 is 5.54 Å². The van der Waals surface area contributed by atoms with Gasteiger partial charge in [-0.1, -0.05) is 42.7 Å². The third-order valence-corrected chi connectivity index (χ3v) is 7.59. The summed E-state index contributed by atoms with van der Waals surface area (Å²) in [5.41, 5.74) is 2.37. The monoisotopic (exact) mass is 475 g/mol. The van der Waals surface area contributed by atoms with Crippen LogP contribution in [0.25, 0.3) is 10.9 Å². The molecular weight excluding hydrogens is 442 g/mol. The zero-order valence-electron chi connectivity index (χ0n) is 20.9. The van der Waals surface area contributed by atoms with E-state index >= 15 is 0 Å². The van der Waals surface area contributed by atoms with Gasteiger partial charge in [0.15, 0.2) is 0 Å². The van der Waals surface area contributed by atoms with Crippen molar-refractivity contribution in [3.63, 3.8) is 0 Å². The molecule has 1 saturated carbocycles. The Bertz CT molecular complexity index is 1270. The first-order valence-electron chi connectivity index (χ1n) is 12.3. The molecule has 3 aromatic rings. The lowest BCUT2D eigenvalue weighted by Gasteiger charge is -2.44. The van der Waals surface area contributed by atoms with Crippen LogP contribution in [0.5, 0.6) is 11.5 Å². The Balaban J connectivity index is 1.63. The van der Waals surface area contributed by atoms with Crippen molar-refractivity contribution in [2.45, 2.75) is 64.2 Å². The Morgan fingerprint density at radius 3 is 2.37 bits per heavy atom. The zero-order chi connectivity index (χ0) is 24.7. The minimum Gasteiger partial charge on any atom is -0.496 e. The van der Waals surface area contributed by atoms with E-state index in [1.54, 1.807) is 19.1 Å². The number of aromatic nitrogens is 1. The van der Waals surface area contributed by atoms with Gasteiger partial charge in [0, 0.05) is 18.0 Å². The lowest BCUT2D eigenvalue weighted by atomic mass is 9.93. The summed E-state index contributed by atoms with van der Waals surface area (Å²) in [7, 11) is 3.23. The first-order chi connectivity index (χ1) is 16.9. The van der Waals surface area contributed by atoms with E-state index in [1.165, 1.54) is 0 Å². The van der Waals surface area contributed by atoms with Crippen molar-refractivity contribution in [2.24, 2.45) is 0 Å². The van der Waals surface area contributed by atoms with Crippen LogP contribution >= 0.6 is 0 Å². The molecule has 184 valence electrons. The second-order valence-corrected chi connectivity index (χ2v) is 9.95. The van der Waals surface area contributed by atoms with E-state index in [4.69, 9.17) is 9.47 Å². The number of aryl methyl sites for hydroxylation is 1. The summed E-state index contributed by atoms with van der Waals surface area (Å²) in [6, 6.07) is 13.8. The summed E-state index contributed by atoms with van der Waals surface area (Å²) in [6.45, 7) is 4.59. The molecule has 1 atom stereocenters. The number of nitrogens with zero attached hydrogens (tertiary/aromatic N) is 2. The number of carbonyl (C=O) groups excluding carboxylic acids is 2. The summed E-state index contributed by atoms with van der Waals surface area (Å²) in [6.07, 6.45) is 4.21. The topological polar surface area (TPSA) is 72.8 Å². The Morgan fingerprint density at radius 2 is 1.71 bits per heavy atom. The van der Waals surface area contributed by atoms with Gasteiger partial charge in [0.2, 0.25) is 5.91 Å². The number of methoxy groups -OCH3 is 2. The Morgan fingerprint density at radius 1 is 1.06 bits per heavy atom. The summed E-state index contributed by atoms with van der Waals surface area (Å²) in [4.78, 5) is 29.6. The number of hydrogen-bond acceptors (Lipinski definition) is 4. The molecule has 1 aliphatic carbocycles. The summed E-state index contributed by atoms with van der Waals surface area (Å²) in [5, 5.41) is 4.05. The molecule has 2 heterocycles. The fraction of sp³-hybridized carbons (Fsp3) is 0.429. The number of amides is 2. The molecule has 1 fully saturated rings. The maximum absolute atomic E-state index is 14.1. The average Bonchev–Trinajstić information content (AvgIpc) is 3.50. The molecule has 2 aromatic carbocycles. The predicted octanol–water partition coefficient (Wildman–Crippen LogP) is 4.44. The van der Waals surface area contributed by atoms with Gasteiger partial charge in [0.25, 0.3) is 5.91 Å². The predicted molar refractivity (Wildman–Crippen MR) is 135 cm³/mol. The van der Waals surface area contributed by atoms with Gasteiger partial charge in [-0.15, -0.1) is 0 Å². The van der Waals surface area contributed by atoms with Crippen LogP contribution in [0.2, 0.25) is 0 Å². The van der Waals surface area contributed by atoms with Crippen LogP contribution in [-0.2, 0) is 17.9 Å². The van der Waals surface area contributed by atoms with Crippen molar-refractivity contribution in [1.29, 1.82) is 0 Å². The van der Waals surface area contributed by atoms with Crippen LogP contribution in [0.1, 0.15) is 54.2 Å². The van der Waals surface area contributed by atoms with Crippen LogP contribution in [0.15, 0.2) is 42.5 Å². The fourth-order valence-electron chi connectivity index (χ4n) is 5.49. The number of carbonyl (C=O) groups is 2. The molecule has 0 unspecified atom stereocenters. The summed E-state index contributed by atoms with van der Waals surface area (Å²) in [5.74, 6) is 1.02. The lowest BCUT2D eigenvalue weighted by molar-refractivity contribution is -0.133. The molecule has 7 heteroatoms. The molecule has 0 radical (unpaired) electrons. The number of benzene rings is 2. The van der Waals surface area contributed by atoms with Gasteiger partial charge < -0.3 is 24.3 Å². The van der Waals surface area contributed by atoms with E-state index in [1.807, 2.05) is 60.9 Å². The van der Waals surface area contributed by atoms with Gasteiger partial charge in [-0.3, -0.25) is 9.59 Å². The molecule has 7 nitrogen and oxygen atoms in total. The quantitative estimate of drug-likeness (QED) is 0.572. The van der Waals surface area contributed by atoms with Crippen molar-refractivity contribution in [2.75, 3.05) is 14.2 Å². The normalized spacial score (nSPS) is 20.2. The standard InChI is InChI=1S/C28H33N3O4/c1-18-9-11-19(12-10-18)16-31-26(32)22-15-21-23(34-3)13-14-24(35-4)25(21)30(22)17-28(31,2)27(33)29-20-7-5-6-8-20/h9-15,20H,5-8,16-17H2,1-4H3,(H,29,33)/t28-/m1/s1. The molecular formula is C28H33N3O4. The van der Waals surface area contributed by atoms with Gasteiger partial charge in [0.05, 0.1) is 26.3 Å². The molecule has 0 spiro atoms. The molecule has 35 heavy (non-hydrogen) atoms. The third kappa shape index (κ3) is 3.93. The van der Waals surface area contributed by atoms with Crippen molar-refractivity contribution in [1.82, 2.24) is 14.8 Å². The number of nitrogens with one attached hydrogen (secondary N) is 1. The van der Waals surface area contributed by atoms with E-state index in [0.717, 1.165) is 47.7 Å². The van der Waals surface area contributed by atoms with Gasteiger partial charge in [-0.05, 0) is 50.5 Å². The van der Waals surface area contributed by atoms with Gasteiger partial charge in [0.1, 0.15) is 22.7 Å². The van der Waals surface area contributed by atoms with Crippen LogP contribution < -0.4 is 14.8 Å². The van der Waals surface area contributed by atoms with E-state index in [-0.39, 0.29) is 17.9 Å². The number of rotatable bonds is 6. The molecule has 2 aliphatic rings. The second kappa shape index (κ2) is 8.95. The Hall–Kier alpha value is -3.48. The summed E-state index contributed by atoms with van der Waals surface area (Å²) >= 11 is 0. The second-order valence-electron chi connectivity index (χ2n) is 9.95. The highest BCUT2D eigenvalue weighted by atomic mass is 16.5. The largest absolute Gasteiger partial charge is 0.496 e. The van der Waals surface area contributed by atoms with Gasteiger partial charge >= 0.3 is 0 Å². The summed E-state index contributed by atoms with van der Waals surface area (Å²) < 4.78 is 13.2. The van der Waals surface area contributed by atoms with Crippen LogP contribution in [0.3, 0.4) is 0 Å². The molecule has 1 aromatic heterocycles. The molecule has 5 rings (SSSR count). The first kappa shape index (κ1) is 23.3. The smallest absolute Gasteiger partial charge is 0.271 e. The Labute approximate surface area is 206 Å². The highest BCUT2D eigenvalue weighted by Crippen LogP contribution is 2.40. The molecule has 2 amide bonds. The SMILES string of the molecule is COc1ccc(OC)c2c1cc1n2C[C@](C)(C(=O)NC2CCCC2)N(Cc2ccc(C)cc2)C1=O. The number of fused-ring (bicyclic) bond motifs is 3. The molecule has 1 N–H and O–H groups in total. The van der Waals surface area contributed by atoms with Crippen LogP contribution in [0, 0.1) is 6.92 Å². The molecule has 0 bridgehead atoms. The lowest BCUT2D eigenvalue weighted by Crippen LogP contribution is -2.64. The number of hydrogen-bond donors (Lipinski definition) is 1. The van der Waals surface area contributed by atoms with Crippen LogP contribution in [-0.4, -0.2) is 47.1 Å². The van der Waals surface area contributed by atoms with E-state index in [2.05, 4.69) is 5.32 Å². The van der Waals surface area contributed by atoms with Crippen molar-refractivity contribution in [3.05, 3.63) is 59.3 Å². The molecule has 0 saturated heterocycles. The third-order valence-electron chi connectivity index (χ3n) is 7.59. The van der Waals surface area contributed by atoms with E-state index in [0.29, 0.717) is 30.3 Å². The maximum Gasteiger partial charge on any atom is 0.271 e. The van der Waals surface area contributed by atoms with E-state index in [9.17, 15) is 9.59 Å². The Kier molecular flexibility index (Phi) is 5.95. The van der Waals surface area contributed by atoms with Crippen LogP contribution in [0.4, 0.5) is 0 Å². The van der Waals surface area contributed by atoms with Gasteiger partial charge in [-0.25, -0.2) is 0 Å². The average molecular weight is 476 g/mol. The highest BCUT2D eigenvalue weighted by Gasteiger charge is 2.48.